The minimum atomic E-state index is -1.22. The molecule has 0 saturated heterocycles. The van der Waals surface area contributed by atoms with Gasteiger partial charge in [0.1, 0.15) is 18.1 Å². The van der Waals surface area contributed by atoms with Crippen molar-refractivity contribution in [3.05, 3.63) is 54.2 Å². The summed E-state index contributed by atoms with van der Waals surface area (Å²) in [6, 6.07) is 3.57. The Morgan fingerprint density at radius 1 is 0.973 bits per heavy atom. The van der Waals surface area contributed by atoms with Gasteiger partial charge in [-0.1, -0.05) is 32.0 Å². The van der Waals surface area contributed by atoms with E-state index in [9.17, 15) is 24.3 Å². The average molecular weight is 512 g/mol. The molecule has 0 aliphatic heterocycles. The second-order valence-corrected chi connectivity index (χ2v) is 9.31. The number of benzene rings is 1. The molecule has 2 heterocycles. The number of rotatable bonds is 12. The van der Waals surface area contributed by atoms with Crippen molar-refractivity contribution < 1.29 is 24.3 Å². The van der Waals surface area contributed by atoms with E-state index in [2.05, 4.69) is 30.9 Å². The number of fused-ring (bicyclic) bond motifs is 1. The molecule has 12 heteroatoms. The SMILES string of the molecule is CC(NC(=O)C(NC(=O)C(N)Cc1c[nH]c2ccccc12)C(C)C)C(=O)NC(Cc1cnc[nH]1)C(=O)O. The van der Waals surface area contributed by atoms with Gasteiger partial charge < -0.3 is 36.8 Å². The molecular formula is C25H33N7O5. The summed E-state index contributed by atoms with van der Waals surface area (Å²) in [5.41, 5.74) is 8.51. The molecule has 198 valence electrons. The summed E-state index contributed by atoms with van der Waals surface area (Å²) in [6.07, 6.45) is 4.95. The van der Waals surface area contributed by atoms with Crippen molar-refractivity contribution in [3.8, 4) is 0 Å². The highest BCUT2D eigenvalue weighted by Gasteiger charge is 2.30. The minimum absolute atomic E-state index is 0.000728. The molecule has 0 saturated carbocycles. The number of nitrogens with one attached hydrogen (secondary N) is 5. The van der Waals surface area contributed by atoms with Gasteiger partial charge in [-0.05, 0) is 30.9 Å². The summed E-state index contributed by atoms with van der Waals surface area (Å²) in [4.78, 5) is 59.7. The average Bonchev–Trinajstić information content (AvgIpc) is 3.51. The van der Waals surface area contributed by atoms with Crippen LogP contribution in [0.15, 0.2) is 43.0 Å². The van der Waals surface area contributed by atoms with E-state index >= 15 is 0 Å². The minimum Gasteiger partial charge on any atom is -0.480 e. The number of hydrogen-bond donors (Lipinski definition) is 7. The van der Waals surface area contributed by atoms with Gasteiger partial charge in [-0.3, -0.25) is 14.4 Å². The van der Waals surface area contributed by atoms with Crippen molar-refractivity contribution in [2.75, 3.05) is 0 Å². The highest BCUT2D eigenvalue weighted by Crippen LogP contribution is 2.19. The Bertz CT molecular complexity index is 1240. The van der Waals surface area contributed by atoms with E-state index in [1.54, 1.807) is 13.8 Å². The highest BCUT2D eigenvalue weighted by atomic mass is 16.4. The Hall–Kier alpha value is -4.19. The van der Waals surface area contributed by atoms with Gasteiger partial charge in [-0.2, -0.15) is 0 Å². The Kier molecular flexibility index (Phi) is 9.01. The van der Waals surface area contributed by atoms with Crippen LogP contribution < -0.4 is 21.7 Å². The molecule has 3 rings (SSSR count). The molecule has 37 heavy (non-hydrogen) atoms. The lowest BCUT2D eigenvalue weighted by molar-refractivity contribution is -0.142. The standard InChI is InChI=1S/C25H33N7O5/c1-13(2)21(32-23(34)18(26)8-15-10-28-19-7-5-4-6-17(15)19)24(35)30-14(3)22(33)31-20(25(36)37)9-16-11-27-12-29-16/h4-7,10-14,18,20-21,28H,8-9,26H2,1-3H3,(H,27,29)(H,30,35)(H,31,33)(H,32,34)(H,36,37). The van der Waals surface area contributed by atoms with Gasteiger partial charge in [0.05, 0.1) is 12.4 Å². The first-order chi connectivity index (χ1) is 17.6. The zero-order valence-electron chi connectivity index (χ0n) is 20.9. The molecule has 4 atom stereocenters. The van der Waals surface area contributed by atoms with E-state index < -0.39 is 47.9 Å². The van der Waals surface area contributed by atoms with Crippen molar-refractivity contribution in [3.63, 3.8) is 0 Å². The number of aromatic amines is 2. The van der Waals surface area contributed by atoms with E-state index in [1.807, 2.05) is 30.5 Å². The number of nitrogens with zero attached hydrogens (tertiary/aromatic N) is 1. The van der Waals surface area contributed by atoms with Gasteiger partial charge in [0, 0.05) is 35.4 Å². The Balaban J connectivity index is 1.57. The van der Waals surface area contributed by atoms with E-state index in [0.717, 1.165) is 16.5 Å². The van der Waals surface area contributed by atoms with Gasteiger partial charge in [-0.25, -0.2) is 9.78 Å². The third-order valence-electron chi connectivity index (χ3n) is 6.04. The third kappa shape index (κ3) is 7.17. The largest absolute Gasteiger partial charge is 0.480 e. The summed E-state index contributed by atoms with van der Waals surface area (Å²) < 4.78 is 0. The first kappa shape index (κ1) is 27.4. The fourth-order valence-electron chi connectivity index (χ4n) is 3.91. The lowest BCUT2D eigenvalue weighted by Crippen LogP contribution is -2.58. The molecule has 4 unspecified atom stereocenters. The van der Waals surface area contributed by atoms with Crippen LogP contribution >= 0.6 is 0 Å². The van der Waals surface area contributed by atoms with Gasteiger partial charge >= 0.3 is 5.97 Å². The monoisotopic (exact) mass is 511 g/mol. The Morgan fingerprint density at radius 2 is 1.70 bits per heavy atom. The number of hydrogen-bond acceptors (Lipinski definition) is 6. The van der Waals surface area contributed by atoms with Crippen LogP contribution in [-0.4, -0.2) is 67.9 Å². The molecule has 0 aliphatic rings. The molecular weight excluding hydrogens is 478 g/mol. The van der Waals surface area contributed by atoms with Crippen LogP contribution in [0.25, 0.3) is 10.9 Å². The molecule has 2 aromatic heterocycles. The summed E-state index contributed by atoms with van der Waals surface area (Å²) in [7, 11) is 0. The van der Waals surface area contributed by atoms with Crippen molar-refractivity contribution in [1.29, 1.82) is 0 Å². The van der Waals surface area contributed by atoms with E-state index in [-0.39, 0.29) is 18.8 Å². The lowest BCUT2D eigenvalue weighted by Gasteiger charge is -2.25. The maximum absolute atomic E-state index is 12.9. The maximum Gasteiger partial charge on any atom is 0.326 e. The predicted molar refractivity (Wildman–Crippen MR) is 136 cm³/mol. The zero-order chi connectivity index (χ0) is 27.1. The number of H-pyrrole nitrogens is 2. The molecule has 8 N–H and O–H groups in total. The molecule has 3 amide bonds. The molecule has 0 fully saturated rings. The lowest BCUT2D eigenvalue weighted by atomic mass is 10.0. The summed E-state index contributed by atoms with van der Waals surface area (Å²) >= 11 is 0. The number of aromatic nitrogens is 3. The van der Waals surface area contributed by atoms with Crippen LogP contribution in [0.2, 0.25) is 0 Å². The number of amides is 3. The quantitative estimate of drug-likeness (QED) is 0.180. The molecule has 0 bridgehead atoms. The number of carboxylic acid groups (broad SMARTS) is 1. The van der Waals surface area contributed by atoms with Crippen molar-refractivity contribution >= 4 is 34.6 Å². The number of aliphatic carboxylic acids is 1. The van der Waals surface area contributed by atoms with E-state index in [1.165, 1.54) is 19.4 Å². The predicted octanol–water partition coefficient (Wildman–Crippen LogP) is 0.218. The van der Waals surface area contributed by atoms with Gasteiger partial charge in [0.25, 0.3) is 0 Å². The molecule has 12 nitrogen and oxygen atoms in total. The number of carbonyl (C=O) groups excluding carboxylic acids is 3. The number of para-hydroxylation sites is 1. The second kappa shape index (κ2) is 12.2. The van der Waals surface area contributed by atoms with Crippen molar-refractivity contribution in [2.45, 2.75) is 57.8 Å². The summed E-state index contributed by atoms with van der Waals surface area (Å²) in [5, 5.41) is 18.1. The molecule has 3 aromatic rings. The number of nitrogens with two attached hydrogens (primary N) is 1. The molecule has 0 aliphatic carbocycles. The van der Waals surface area contributed by atoms with Crippen molar-refractivity contribution in [1.82, 2.24) is 30.9 Å². The van der Waals surface area contributed by atoms with Gasteiger partial charge in [-0.15, -0.1) is 0 Å². The molecule has 0 spiro atoms. The third-order valence-corrected chi connectivity index (χ3v) is 6.04. The topological polar surface area (TPSA) is 195 Å². The van der Waals surface area contributed by atoms with Crippen LogP contribution in [0, 0.1) is 5.92 Å². The van der Waals surface area contributed by atoms with E-state index in [4.69, 9.17) is 5.73 Å². The fourth-order valence-corrected chi connectivity index (χ4v) is 3.91. The van der Waals surface area contributed by atoms with Crippen LogP contribution in [0.3, 0.4) is 0 Å². The van der Waals surface area contributed by atoms with Gasteiger partial charge in [0.2, 0.25) is 17.7 Å². The highest BCUT2D eigenvalue weighted by molar-refractivity contribution is 5.94. The molecule has 0 radical (unpaired) electrons. The van der Waals surface area contributed by atoms with Crippen LogP contribution in [0.1, 0.15) is 32.0 Å². The Labute approximate surface area is 213 Å². The second-order valence-electron chi connectivity index (χ2n) is 9.31. The van der Waals surface area contributed by atoms with Gasteiger partial charge in [0.15, 0.2) is 0 Å². The maximum atomic E-state index is 12.9. The first-order valence-corrected chi connectivity index (χ1v) is 12.0. The number of carboxylic acids is 1. The number of carbonyl (C=O) groups is 4. The van der Waals surface area contributed by atoms with Crippen LogP contribution in [0.5, 0.6) is 0 Å². The number of imidazole rings is 1. The van der Waals surface area contributed by atoms with Crippen molar-refractivity contribution in [2.24, 2.45) is 11.7 Å². The van der Waals surface area contributed by atoms with Crippen LogP contribution in [-0.2, 0) is 32.0 Å². The summed E-state index contributed by atoms with van der Waals surface area (Å²) in [6.45, 7) is 4.95. The summed E-state index contributed by atoms with van der Waals surface area (Å²) in [5.74, 6) is -3.28. The smallest absolute Gasteiger partial charge is 0.326 e. The molecule has 1 aromatic carbocycles. The fraction of sp³-hybridized carbons (Fsp3) is 0.400. The first-order valence-electron chi connectivity index (χ1n) is 12.0. The van der Waals surface area contributed by atoms with E-state index in [0.29, 0.717) is 5.69 Å². The van der Waals surface area contributed by atoms with Crippen LogP contribution in [0.4, 0.5) is 0 Å². The normalized spacial score (nSPS) is 14.5. The Morgan fingerprint density at radius 3 is 2.35 bits per heavy atom. The zero-order valence-corrected chi connectivity index (χ0v) is 20.9.